The summed E-state index contributed by atoms with van der Waals surface area (Å²) in [6.07, 6.45) is 7.82. The molecule has 1 aliphatic rings. The molecule has 1 unspecified atom stereocenters. The summed E-state index contributed by atoms with van der Waals surface area (Å²) in [6, 6.07) is 10.1. The van der Waals surface area contributed by atoms with Crippen molar-refractivity contribution in [3.63, 3.8) is 0 Å². The van der Waals surface area contributed by atoms with Crippen molar-refractivity contribution in [2.24, 2.45) is 0 Å². The molecule has 1 aromatic rings. The topological polar surface area (TPSA) is 24.1 Å². The van der Waals surface area contributed by atoms with E-state index >= 15 is 0 Å². The number of hydrogen-bond donors (Lipinski definition) is 2. The second-order valence-electron chi connectivity index (χ2n) is 6.53. The Kier molecular flexibility index (Phi) is 7.25. The maximum Gasteiger partial charge on any atom is 0.00682 e. The summed E-state index contributed by atoms with van der Waals surface area (Å²) in [5.41, 5.74) is 2.94. The third-order valence-electron chi connectivity index (χ3n) is 4.33. The lowest BCUT2D eigenvalue weighted by molar-refractivity contribution is 0.608. The molecule has 0 spiro atoms. The molecular weight excluding hydrogens is 256 g/mol. The van der Waals surface area contributed by atoms with Crippen molar-refractivity contribution in [3.8, 4) is 0 Å². The van der Waals surface area contributed by atoms with Gasteiger partial charge in [-0.15, -0.1) is 0 Å². The summed E-state index contributed by atoms with van der Waals surface area (Å²) in [5.74, 6) is 0.605. The zero-order valence-corrected chi connectivity index (χ0v) is 13.8. The van der Waals surface area contributed by atoms with Gasteiger partial charge in [-0.05, 0) is 68.7 Å². The van der Waals surface area contributed by atoms with Gasteiger partial charge in [0, 0.05) is 12.6 Å². The Bertz CT molecular complexity index is 381. The first-order chi connectivity index (χ1) is 10.3. The molecular formula is C19H32N2. The Hall–Kier alpha value is -0.860. The van der Waals surface area contributed by atoms with Crippen molar-refractivity contribution in [3.05, 3.63) is 35.4 Å². The van der Waals surface area contributed by atoms with Crippen LogP contribution in [-0.4, -0.2) is 25.7 Å². The summed E-state index contributed by atoms with van der Waals surface area (Å²) in [7, 11) is 0. The van der Waals surface area contributed by atoms with Crippen molar-refractivity contribution < 1.29 is 0 Å². The summed E-state index contributed by atoms with van der Waals surface area (Å²) in [4.78, 5) is 0. The molecule has 0 aliphatic heterocycles. The van der Waals surface area contributed by atoms with Crippen LogP contribution in [0.25, 0.3) is 0 Å². The SMILES string of the molecule is CCCNCC(C)c1ccc(CCCCNC2CC2)cc1. The lowest BCUT2D eigenvalue weighted by Gasteiger charge is -2.13. The average molecular weight is 288 g/mol. The molecule has 2 N–H and O–H groups in total. The van der Waals surface area contributed by atoms with Crippen LogP contribution >= 0.6 is 0 Å². The van der Waals surface area contributed by atoms with Gasteiger partial charge in [-0.2, -0.15) is 0 Å². The molecule has 0 amide bonds. The predicted molar refractivity (Wildman–Crippen MR) is 92.0 cm³/mol. The molecule has 1 saturated carbocycles. The summed E-state index contributed by atoms with van der Waals surface area (Å²) >= 11 is 0. The van der Waals surface area contributed by atoms with Gasteiger partial charge in [0.2, 0.25) is 0 Å². The minimum atomic E-state index is 0.605. The van der Waals surface area contributed by atoms with Crippen LogP contribution in [0.1, 0.15) is 63.0 Å². The Morgan fingerprint density at radius 1 is 1.10 bits per heavy atom. The van der Waals surface area contributed by atoms with Crippen molar-refractivity contribution in [1.82, 2.24) is 10.6 Å². The van der Waals surface area contributed by atoms with Crippen LogP contribution in [0, 0.1) is 0 Å². The highest BCUT2D eigenvalue weighted by Crippen LogP contribution is 2.19. The van der Waals surface area contributed by atoms with Crippen LogP contribution in [-0.2, 0) is 6.42 Å². The molecule has 118 valence electrons. The maximum absolute atomic E-state index is 3.58. The Balaban J connectivity index is 1.63. The van der Waals surface area contributed by atoms with Crippen LogP contribution < -0.4 is 10.6 Å². The van der Waals surface area contributed by atoms with E-state index in [4.69, 9.17) is 0 Å². The molecule has 1 atom stereocenters. The van der Waals surface area contributed by atoms with E-state index < -0.39 is 0 Å². The van der Waals surface area contributed by atoms with Gasteiger partial charge in [0.05, 0.1) is 0 Å². The van der Waals surface area contributed by atoms with Gasteiger partial charge in [-0.3, -0.25) is 0 Å². The fraction of sp³-hybridized carbons (Fsp3) is 0.684. The average Bonchev–Trinajstić information content (AvgIpc) is 3.32. The van der Waals surface area contributed by atoms with E-state index in [0.717, 1.165) is 19.1 Å². The third-order valence-corrected chi connectivity index (χ3v) is 4.33. The van der Waals surface area contributed by atoms with Gasteiger partial charge in [-0.1, -0.05) is 38.1 Å². The number of hydrogen-bond acceptors (Lipinski definition) is 2. The van der Waals surface area contributed by atoms with E-state index in [1.165, 1.54) is 56.2 Å². The molecule has 21 heavy (non-hydrogen) atoms. The molecule has 1 fully saturated rings. The highest BCUT2D eigenvalue weighted by atomic mass is 14.9. The number of rotatable bonds is 11. The largest absolute Gasteiger partial charge is 0.316 e. The highest BCUT2D eigenvalue weighted by molar-refractivity contribution is 5.25. The molecule has 2 heteroatoms. The van der Waals surface area contributed by atoms with E-state index in [9.17, 15) is 0 Å². The van der Waals surface area contributed by atoms with Crippen LogP contribution in [0.4, 0.5) is 0 Å². The first-order valence-electron chi connectivity index (χ1n) is 8.82. The second-order valence-corrected chi connectivity index (χ2v) is 6.53. The lowest BCUT2D eigenvalue weighted by atomic mass is 9.98. The molecule has 0 heterocycles. The van der Waals surface area contributed by atoms with E-state index in [1.54, 1.807) is 0 Å². The first kappa shape index (κ1) is 16.5. The van der Waals surface area contributed by atoms with Crippen LogP contribution in [0.15, 0.2) is 24.3 Å². The molecule has 0 bridgehead atoms. The van der Waals surface area contributed by atoms with Crippen molar-refractivity contribution in [2.45, 2.75) is 64.3 Å². The minimum absolute atomic E-state index is 0.605. The smallest absolute Gasteiger partial charge is 0.00682 e. The van der Waals surface area contributed by atoms with Crippen molar-refractivity contribution in [1.29, 1.82) is 0 Å². The molecule has 0 radical (unpaired) electrons. The second kappa shape index (κ2) is 9.22. The normalized spacial score (nSPS) is 16.1. The minimum Gasteiger partial charge on any atom is -0.316 e. The van der Waals surface area contributed by atoms with E-state index in [2.05, 4.69) is 48.7 Å². The predicted octanol–water partition coefficient (Wildman–Crippen LogP) is 3.86. The zero-order valence-electron chi connectivity index (χ0n) is 13.8. The Morgan fingerprint density at radius 2 is 1.86 bits per heavy atom. The maximum atomic E-state index is 3.58. The van der Waals surface area contributed by atoms with Crippen molar-refractivity contribution >= 4 is 0 Å². The Labute approximate surface area is 130 Å². The van der Waals surface area contributed by atoms with E-state index in [1.807, 2.05) is 0 Å². The summed E-state index contributed by atoms with van der Waals surface area (Å²) in [6.45, 7) is 7.92. The molecule has 0 saturated heterocycles. The highest BCUT2D eigenvalue weighted by Gasteiger charge is 2.19. The molecule has 1 aromatic carbocycles. The summed E-state index contributed by atoms with van der Waals surface area (Å²) < 4.78 is 0. The fourth-order valence-corrected chi connectivity index (χ4v) is 2.67. The summed E-state index contributed by atoms with van der Waals surface area (Å²) in [5, 5.41) is 7.09. The number of unbranched alkanes of at least 4 members (excludes halogenated alkanes) is 1. The van der Waals surface area contributed by atoms with Crippen molar-refractivity contribution in [2.75, 3.05) is 19.6 Å². The number of benzene rings is 1. The monoisotopic (exact) mass is 288 g/mol. The van der Waals surface area contributed by atoms with Gasteiger partial charge in [-0.25, -0.2) is 0 Å². The first-order valence-corrected chi connectivity index (χ1v) is 8.82. The van der Waals surface area contributed by atoms with Gasteiger partial charge >= 0.3 is 0 Å². The molecule has 2 rings (SSSR count). The number of nitrogens with one attached hydrogen (secondary N) is 2. The van der Waals surface area contributed by atoms with Crippen LogP contribution in [0.5, 0.6) is 0 Å². The molecule has 2 nitrogen and oxygen atoms in total. The lowest BCUT2D eigenvalue weighted by Crippen LogP contribution is -2.20. The zero-order chi connectivity index (χ0) is 14.9. The van der Waals surface area contributed by atoms with Crippen LogP contribution in [0.3, 0.4) is 0 Å². The third kappa shape index (κ3) is 6.62. The quantitative estimate of drug-likeness (QED) is 0.604. The number of aryl methyl sites for hydroxylation is 1. The van der Waals surface area contributed by atoms with Gasteiger partial charge in [0.1, 0.15) is 0 Å². The van der Waals surface area contributed by atoms with Gasteiger partial charge in [0.25, 0.3) is 0 Å². The van der Waals surface area contributed by atoms with E-state index in [0.29, 0.717) is 5.92 Å². The van der Waals surface area contributed by atoms with Gasteiger partial charge < -0.3 is 10.6 Å². The van der Waals surface area contributed by atoms with Gasteiger partial charge in [0.15, 0.2) is 0 Å². The fourth-order valence-electron chi connectivity index (χ4n) is 2.67. The standard InChI is InChI=1S/C19H32N2/c1-3-13-20-15-16(2)18-9-7-17(8-10-18)6-4-5-14-21-19-11-12-19/h7-10,16,19-21H,3-6,11-15H2,1-2H3. The Morgan fingerprint density at radius 3 is 2.52 bits per heavy atom. The van der Waals surface area contributed by atoms with Crippen LogP contribution in [0.2, 0.25) is 0 Å². The van der Waals surface area contributed by atoms with E-state index in [-0.39, 0.29) is 0 Å². The molecule has 1 aliphatic carbocycles. The molecule has 0 aromatic heterocycles.